The topological polar surface area (TPSA) is 38.7 Å². The summed E-state index contributed by atoms with van der Waals surface area (Å²) >= 11 is 0. The smallest absolute Gasteiger partial charge is 0.161 e. The molecule has 1 aromatic carbocycles. The summed E-state index contributed by atoms with van der Waals surface area (Å²) in [5.74, 6) is 0.719. The molecule has 0 N–H and O–H groups in total. The average Bonchev–Trinajstić information content (AvgIpc) is 2.50. The van der Waals surface area contributed by atoms with Crippen molar-refractivity contribution < 1.29 is 0 Å². The van der Waals surface area contributed by atoms with Gasteiger partial charge in [0.1, 0.15) is 0 Å². The van der Waals surface area contributed by atoms with Crippen molar-refractivity contribution in [1.82, 2.24) is 15.0 Å². The van der Waals surface area contributed by atoms with Gasteiger partial charge in [0.05, 0.1) is 5.52 Å². The van der Waals surface area contributed by atoms with Crippen LogP contribution in [0.15, 0.2) is 48.9 Å². The number of rotatable bonds is 1. The minimum atomic E-state index is 0.719. The van der Waals surface area contributed by atoms with Crippen LogP contribution in [-0.2, 0) is 0 Å². The zero-order valence-electron chi connectivity index (χ0n) is 11.5. The summed E-state index contributed by atoms with van der Waals surface area (Å²) in [5, 5.41) is 1.10. The lowest BCUT2D eigenvalue weighted by molar-refractivity contribution is 1.20. The molecular formula is C16H17N3. The van der Waals surface area contributed by atoms with E-state index >= 15 is 0 Å². The number of pyridine rings is 1. The molecule has 3 heteroatoms. The molecule has 96 valence electrons. The van der Waals surface area contributed by atoms with E-state index in [4.69, 9.17) is 0 Å². The van der Waals surface area contributed by atoms with Crippen molar-refractivity contribution in [2.45, 2.75) is 20.8 Å². The lowest BCUT2D eigenvalue weighted by Gasteiger charge is -2.03. The normalized spacial score (nSPS) is 9.84. The summed E-state index contributed by atoms with van der Waals surface area (Å²) in [6.45, 7) is 6.06. The first-order chi connectivity index (χ1) is 9.34. The van der Waals surface area contributed by atoms with E-state index in [1.807, 2.05) is 44.3 Å². The molecule has 19 heavy (non-hydrogen) atoms. The van der Waals surface area contributed by atoms with Gasteiger partial charge in [0.15, 0.2) is 5.82 Å². The van der Waals surface area contributed by atoms with Gasteiger partial charge in [-0.15, -0.1) is 0 Å². The van der Waals surface area contributed by atoms with E-state index in [1.54, 1.807) is 12.4 Å². The highest BCUT2D eigenvalue weighted by Gasteiger charge is 2.03. The molecule has 0 aliphatic rings. The summed E-state index contributed by atoms with van der Waals surface area (Å²) in [5.41, 5.74) is 3.11. The van der Waals surface area contributed by atoms with Gasteiger partial charge in [0.2, 0.25) is 0 Å². The predicted molar refractivity (Wildman–Crippen MR) is 78.9 cm³/mol. The molecule has 3 aromatic rings. The number of hydrogen-bond donors (Lipinski definition) is 0. The van der Waals surface area contributed by atoms with E-state index < -0.39 is 0 Å². The Morgan fingerprint density at radius 2 is 1.79 bits per heavy atom. The van der Waals surface area contributed by atoms with Gasteiger partial charge >= 0.3 is 0 Å². The lowest BCUT2D eigenvalue weighted by Crippen LogP contribution is -1.91. The van der Waals surface area contributed by atoms with E-state index in [2.05, 4.69) is 27.9 Å². The van der Waals surface area contributed by atoms with Crippen molar-refractivity contribution >= 4 is 10.9 Å². The first-order valence-corrected chi connectivity index (χ1v) is 6.47. The van der Waals surface area contributed by atoms with Gasteiger partial charge in [-0.2, -0.15) is 0 Å². The lowest BCUT2D eigenvalue weighted by atomic mass is 10.1. The second-order valence-electron chi connectivity index (χ2n) is 3.94. The van der Waals surface area contributed by atoms with Crippen molar-refractivity contribution in [1.29, 1.82) is 0 Å². The minimum Gasteiger partial charge on any atom is -0.264 e. The van der Waals surface area contributed by atoms with Crippen LogP contribution in [0.5, 0.6) is 0 Å². The maximum Gasteiger partial charge on any atom is 0.161 e. The molecule has 0 atom stereocenters. The molecule has 0 amide bonds. The molecule has 0 aliphatic heterocycles. The van der Waals surface area contributed by atoms with E-state index in [9.17, 15) is 0 Å². The number of aryl methyl sites for hydroxylation is 1. The molecule has 0 saturated heterocycles. The van der Waals surface area contributed by atoms with E-state index in [0.29, 0.717) is 0 Å². The molecule has 0 radical (unpaired) electrons. The Morgan fingerprint density at radius 1 is 0.947 bits per heavy atom. The molecule has 3 rings (SSSR count). The number of nitrogens with zero attached hydrogens (tertiary/aromatic N) is 3. The number of fused-ring (bicyclic) bond motifs is 1. The third kappa shape index (κ3) is 2.76. The standard InChI is InChI=1S/C14H11N3.C2H6/c1-10-4-2-6-13-12(10)9-16-14(17-13)11-5-3-7-15-8-11;1-2/h2-9H,1H3;1-2H3. The minimum absolute atomic E-state index is 0.719. The van der Waals surface area contributed by atoms with Crippen molar-refractivity contribution in [2.24, 2.45) is 0 Å². The molecule has 0 fully saturated rings. The molecule has 3 nitrogen and oxygen atoms in total. The number of hydrogen-bond acceptors (Lipinski definition) is 3. The van der Waals surface area contributed by atoms with Crippen LogP contribution in [0.4, 0.5) is 0 Å². The van der Waals surface area contributed by atoms with Crippen LogP contribution in [0.25, 0.3) is 22.3 Å². The van der Waals surface area contributed by atoms with Gasteiger partial charge in [-0.25, -0.2) is 9.97 Å². The van der Waals surface area contributed by atoms with Crippen molar-refractivity contribution in [3.63, 3.8) is 0 Å². The Balaban J connectivity index is 0.000000637. The van der Waals surface area contributed by atoms with Gasteiger partial charge in [-0.1, -0.05) is 26.0 Å². The molecule has 2 heterocycles. The molecule has 0 bridgehead atoms. The number of aromatic nitrogens is 3. The average molecular weight is 251 g/mol. The predicted octanol–water partition coefficient (Wildman–Crippen LogP) is 4.03. The van der Waals surface area contributed by atoms with Crippen molar-refractivity contribution in [3.05, 3.63) is 54.5 Å². The highest BCUT2D eigenvalue weighted by atomic mass is 14.9. The summed E-state index contributed by atoms with van der Waals surface area (Å²) in [7, 11) is 0. The Hall–Kier alpha value is -2.29. The van der Waals surface area contributed by atoms with E-state index in [1.165, 1.54) is 5.56 Å². The fourth-order valence-electron chi connectivity index (χ4n) is 1.83. The Morgan fingerprint density at radius 3 is 2.53 bits per heavy atom. The van der Waals surface area contributed by atoms with Crippen LogP contribution in [0, 0.1) is 6.92 Å². The Labute approximate surface area is 113 Å². The van der Waals surface area contributed by atoms with Crippen LogP contribution in [0.3, 0.4) is 0 Å². The summed E-state index contributed by atoms with van der Waals surface area (Å²) in [6, 6.07) is 9.93. The molecule has 0 aliphatic carbocycles. The van der Waals surface area contributed by atoms with Crippen molar-refractivity contribution in [2.75, 3.05) is 0 Å². The molecule has 2 aromatic heterocycles. The molecular weight excluding hydrogens is 234 g/mol. The first-order valence-electron chi connectivity index (χ1n) is 6.47. The van der Waals surface area contributed by atoms with Gasteiger partial charge in [0, 0.05) is 29.5 Å². The third-order valence-electron chi connectivity index (χ3n) is 2.76. The third-order valence-corrected chi connectivity index (χ3v) is 2.76. The monoisotopic (exact) mass is 251 g/mol. The van der Waals surface area contributed by atoms with Gasteiger partial charge in [-0.05, 0) is 30.7 Å². The maximum absolute atomic E-state index is 4.56. The van der Waals surface area contributed by atoms with Gasteiger partial charge in [-0.3, -0.25) is 4.98 Å². The highest BCUT2D eigenvalue weighted by molar-refractivity contribution is 5.82. The van der Waals surface area contributed by atoms with Crippen LogP contribution in [0.2, 0.25) is 0 Å². The highest BCUT2D eigenvalue weighted by Crippen LogP contribution is 2.19. The van der Waals surface area contributed by atoms with E-state index in [-0.39, 0.29) is 0 Å². The van der Waals surface area contributed by atoms with Crippen LogP contribution in [0.1, 0.15) is 19.4 Å². The SMILES string of the molecule is CC.Cc1cccc2nc(-c3cccnc3)ncc12. The summed E-state index contributed by atoms with van der Waals surface area (Å²) < 4.78 is 0. The fourth-order valence-corrected chi connectivity index (χ4v) is 1.83. The molecule has 0 spiro atoms. The Kier molecular flexibility index (Phi) is 4.18. The maximum atomic E-state index is 4.56. The first kappa shape index (κ1) is 13.1. The summed E-state index contributed by atoms with van der Waals surface area (Å²) in [4.78, 5) is 13.0. The van der Waals surface area contributed by atoms with E-state index in [0.717, 1.165) is 22.3 Å². The van der Waals surface area contributed by atoms with Crippen molar-refractivity contribution in [3.8, 4) is 11.4 Å². The quantitative estimate of drug-likeness (QED) is 0.655. The van der Waals surface area contributed by atoms with Crippen LogP contribution in [-0.4, -0.2) is 15.0 Å². The zero-order valence-corrected chi connectivity index (χ0v) is 11.5. The second-order valence-corrected chi connectivity index (χ2v) is 3.94. The van der Waals surface area contributed by atoms with Gasteiger partial charge < -0.3 is 0 Å². The molecule has 0 saturated carbocycles. The van der Waals surface area contributed by atoms with Crippen LogP contribution < -0.4 is 0 Å². The van der Waals surface area contributed by atoms with Crippen LogP contribution >= 0.6 is 0 Å². The summed E-state index contributed by atoms with van der Waals surface area (Å²) in [6.07, 6.45) is 5.39. The zero-order chi connectivity index (χ0) is 13.7. The second kappa shape index (κ2) is 6.05. The largest absolute Gasteiger partial charge is 0.264 e. The Bertz CT molecular complexity index is 663. The molecule has 0 unspecified atom stereocenters. The van der Waals surface area contributed by atoms with Gasteiger partial charge in [0.25, 0.3) is 0 Å². The number of benzene rings is 1. The fraction of sp³-hybridized carbons (Fsp3) is 0.188.